The fourth-order valence-electron chi connectivity index (χ4n) is 0.913. The third-order valence-electron chi connectivity index (χ3n) is 1.62. The molecule has 0 N–H and O–H groups in total. The van der Waals surface area contributed by atoms with Crippen molar-refractivity contribution in [2.45, 2.75) is 12.5 Å². The highest BCUT2D eigenvalue weighted by molar-refractivity contribution is 5.79. The molecule has 0 aliphatic rings. The number of benzene rings is 1. The van der Waals surface area contributed by atoms with E-state index in [0.29, 0.717) is 0 Å². The van der Waals surface area contributed by atoms with E-state index in [-0.39, 0.29) is 6.29 Å². The van der Waals surface area contributed by atoms with Gasteiger partial charge < -0.3 is 4.74 Å². The van der Waals surface area contributed by atoms with Crippen LogP contribution in [0.3, 0.4) is 0 Å². The van der Waals surface area contributed by atoms with Gasteiger partial charge in [-0.1, -0.05) is 6.07 Å². The normalized spacial score (nSPS) is 13.3. The molecule has 0 bridgehead atoms. The lowest BCUT2D eigenvalue weighted by Gasteiger charge is -2.15. The second-order valence-electron chi connectivity index (χ2n) is 2.75. The van der Waals surface area contributed by atoms with Crippen LogP contribution in [-0.4, -0.2) is 18.8 Å². The van der Waals surface area contributed by atoms with Gasteiger partial charge >= 0.3 is 12.5 Å². The summed E-state index contributed by atoms with van der Waals surface area (Å²) < 4.78 is 64.5. The van der Waals surface area contributed by atoms with Crippen LogP contribution < -0.4 is 4.74 Å². The van der Waals surface area contributed by atoms with Crippen LogP contribution in [0, 0.1) is 5.82 Å². The maximum Gasteiger partial charge on any atom is 0.457 e. The zero-order chi connectivity index (χ0) is 12.3. The summed E-state index contributed by atoms with van der Waals surface area (Å²) in [5.74, 6) is -1.87. The maximum atomic E-state index is 12.9. The molecule has 1 rings (SSSR count). The lowest BCUT2D eigenvalue weighted by atomic mass is 10.2. The zero-order valence-electron chi connectivity index (χ0n) is 7.59. The van der Waals surface area contributed by atoms with Gasteiger partial charge in [-0.15, -0.1) is 0 Å². The Hall–Kier alpha value is -1.66. The SMILES string of the molecule is O=Cc1c(F)cccc1OC(F)C(F)(F)F. The summed E-state index contributed by atoms with van der Waals surface area (Å²) >= 11 is 0. The molecule has 1 aromatic carbocycles. The van der Waals surface area contributed by atoms with Crippen molar-refractivity contribution in [1.29, 1.82) is 0 Å². The van der Waals surface area contributed by atoms with Gasteiger partial charge in [-0.25, -0.2) is 4.39 Å². The number of hydrogen-bond acceptors (Lipinski definition) is 2. The Morgan fingerprint density at radius 3 is 2.44 bits per heavy atom. The van der Waals surface area contributed by atoms with E-state index in [2.05, 4.69) is 4.74 Å². The van der Waals surface area contributed by atoms with Gasteiger partial charge in [-0.3, -0.25) is 4.79 Å². The molecule has 1 aromatic rings. The second kappa shape index (κ2) is 4.46. The van der Waals surface area contributed by atoms with E-state index >= 15 is 0 Å². The van der Waals surface area contributed by atoms with Crippen molar-refractivity contribution in [3.63, 3.8) is 0 Å². The smallest absolute Gasteiger partial charge is 0.451 e. The topological polar surface area (TPSA) is 26.3 Å². The molecule has 0 aliphatic carbocycles. The highest BCUT2D eigenvalue weighted by Gasteiger charge is 2.42. The van der Waals surface area contributed by atoms with Crippen LogP contribution >= 0.6 is 0 Å². The molecule has 1 atom stereocenters. The molecule has 0 spiro atoms. The summed E-state index contributed by atoms with van der Waals surface area (Å²) in [6.45, 7) is 0. The van der Waals surface area contributed by atoms with Crippen molar-refractivity contribution < 1.29 is 31.5 Å². The number of ether oxygens (including phenoxy) is 1. The first-order chi connectivity index (χ1) is 7.36. The Bertz CT molecular complexity index is 388. The van der Waals surface area contributed by atoms with Crippen LogP contribution in [0.4, 0.5) is 22.0 Å². The number of halogens is 5. The zero-order valence-corrected chi connectivity index (χ0v) is 7.59. The second-order valence-corrected chi connectivity index (χ2v) is 2.75. The number of rotatable bonds is 3. The highest BCUT2D eigenvalue weighted by Crippen LogP contribution is 2.28. The molecular weight excluding hydrogens is 235 g/mol. The molecule has 0 saturated heterocycles. The van der Waals surface area contributed by atoms with Crippen molar-refractivity contribution in [2.24, 2.45) is 0 Å². The molecular formula is C9H5F5O2. The molecule has 0 fully saturated rings. The summed E-state index contributed by atoms with van der Waals surface area (Å²) in [4.78, 5) is 10.4. The highest BCUT2D eigenvalue weighted by atomic mass is 19.4. The Labute approximate surface area is 86.6 Å². The first kappa shape index (κ1) is 12.4. The van der Waals surface area contributed by atoms with Crippen LogP contribution in [0.2, 0.25) is 0 Å². The average Bonchev–Trinajstić information content (AvgIpc) is 2.16. The molecule has 0 aromatic heterocycles. The van der Waals surface area contributed by atoms with Crippen LogP contribution in [0.1, 0.15) is 10.4 Å². The van der Waals surface area contributed by atoms with Crippen LogP contribution in [0.5, 0.6) is 5.75 Å². The fraction of sp³-hybridized carbons (Fsp3) is 0.222. The standard InChI is InChI=1S/C9H5F5O2/c10-6-2-1-3-7(5(6)4-15)16-8(11)9(12,13)14/h1-4,8H. The van der Waals surface area contributed by atoms with E-state index in [0.717, 1.165) is 18.2 Å². The van der Waals surface area contributed by atoms with Crippen molar-refractivity contribution in [3.8, 4) is 5.75 Å². The van der Waals surface area contributed by atoms with Gasteiger partial charge in [0.2, 0.25) is 0 Å². The lowest BCUT2D eigenvalue weighted by molar-refractivity contribution is -0.236. The third-order valence-corrected chi connectivity index (χ3v) is 1.62. The maximum absolute atomic E-state index is 12.9. The van der Waals surface area contributed by atoms with Crippen molar-refractivity contribution in [1.82, 2.24) is 0 Å². The van der Waals surface area contributed by atoms with E-state index in [1.807, 2.05) is 0 Å². The molecule has 0 heterocycles. The lowest BCUT2D eigenvalue weighted by Crippen LogP contribution is -2.30. The Kier molecular flexibility index (Phi) is 3.46. The van der Waals surface area contributed by atoms with Gasteiger partial charge in [-0.05, 0) is 12.1 Å². The first-order valence-electron chi connectivity index (χ1n) is 3.97. The predicted molar refractivity (Wildman–Crippen MR) is 43.4 cm³/mol. The summed E-state index contributed by atoms with van der Waals surface area (Å²) in [5.41, 5.74) is -0.755. The van der Waals surface area contributed by atoms with Gasteiger partial charge in [0.25, 0.3) is 0 Å². The predicted octanol–water partition coefficient (Wildman–Crippen LogP) is 2.87. The van der Waals surface area contributed by atoms with Crippen LogP contribution in [0.15, 0.2) is 18.2 Å². The van der Waals surface area contributed by atoms with Gasteiger partial charge in [0.15, 0.2) is 6.29 Å². The number of carbonyl (C=O) groups is 1. The molecule has 88 valence electrons. The van der Waals surface area contributed by atoms with Gasteiger partial charge in [0.05, 0.1) is 5.56 Å². The number of carbonyl (C=O) groups excluding carboxylic acids is 1. The number of aldehydes is 1. The molecule has 0 saturated carbocycles. The molecule has 0 amide bonds. The van der Waals surface area contributed by atoms with E-state index in [4.69, 9.17) is 0 Å². The fourth-order valence-corrected chi connectivity index (χ4v) is 0.913. The Morgan fingerprint density at radius 2 is 1.94 bits per heavy atom. The summed E-state index contributed by atoms with van der Waals surface area (Å²) in [6.07, 6.45) is -8.88. The summed E-state index contributed by atoms with van der Waals surface area (Å²) in [6, 6.07) is 2.71. The van der Waals surface area contributed by atoms with E-state index in [1.54, 1.807) is 0 Å². The van der Waals surface area contributed by atoms with Crippen LogP contribution in [0.25, 0.3) is 0 Å². The van der Waals surface area contributed by atoms with Crippen molar-refractivity contribution in [3.05, 3.63) is 29.6 Å². The average molecular weight is 240 g/mol. The Balaban J connectivity index is 2.98. The monoisotopic (exact) mass is 240 g/mol. The molecule has 0 radical (unpaired) electrons. The first-order valence-corrected chi connectivity index (χ1v) is 3.97. The summed E-state index contributed by atoms with van der Waals surface area (Å²) in [5, 5.41) is 0. The molecule has 2 nitrogen and oxygen atoms in total. The quantitative estimate of drug-likeness (QED) is 0.599. The van der Waals surface area contributed by atoms with Crippen molar-refractivity contribution in [2.75, 3.05) is 0 Å². The Morgan fingerprint density at radius 1 is 1.31 bits per heavy atom. The van der Waals surface area contributed by atoms with Crippen LogP contribution in [-0.2, 0) is 0 Å². The largest absolute Gasteiger partial charge is 0.457 e. The molecule has 7 heteroatoms. The third kappa shape index (κ3) is 2.68. The number of alkyl halides is 4. The van der Waals surface area contributed by atoms with Gasteiger partial charge in [-0.2, -0.15) is 17.6 Å². The minimum atomic E-state index is -5.23. The molecule has 16 heavy (non-hydrogen) atoms. The minimum Gasteiger partial charge on any atom is -0.451 e. The molecule has 1 unspecified atom stereocenters. The minimum absolute atomic E-state index is 0.0479. The van der Waals surface area contributed by atoms with E-state index < -0.39 is 29.7 Å². The van der Waals surface area contributed by atoms with E-state index in [1.165, 1.54) is 0 Å². The van der Waals surface area contributed by atoms with E-state index in [9.17, 15) is 26.7 Å². The van der Waals surface area contributed by atoms with Gasteiger partial charge in [0, 0.05) is 0 Å². The summed E-state index contributed by atoms with van der Waals surface area (Å²) in [7, 11) is 0. The van der Waals surface area contributed by atoms with Crippen molar-refractivity contribution >= 4 is 6.29 Å². The number of hydrogen-bond donors (Lipinski definition) is 0. The molecule has 0 aliphatic heterocycles. The van der Waals surface area contributed by atoms with Gasteiger partial charge in [0.1, 0.15) is 11.6 Å².